The summed E-state index contributed by atoms with van der Waals surface area (Å²) < 4.78 is 11.8. The summed E-state index contributed by atoms with van der Waals surface area (Å²) in [6.45, 7) is 14.6. The number of rotatable bonds is 18. The van der Waals surface area contributed by atoms with Crippen LogP contribution >= 0.6 is 0 Å². The molecule has 0 bridgehead atoms. The van der Waals surface area contributed by atoms with E-state index in [2.05, 4.69) is 39.6 Å². The van der Waals surface area contributed by atoms with Gasteiger partial charge in [0.15, 0.2) is 0 Å². The van der Waals surface area contributed by atoms with Crippen LogP contribution in [0.25, 0.3) is 0 Å². The largest absolute Gasteiger partial charge is 0.380 e. The molecule has 0 aliphatic heterocycles. The monoisotopic (exact) mass is 343 g/mol. The maximum Gasteiger partial charge on any atom is 0.0593 e. The van der Waals surface area contributed by atoms with Crippen LogP contribution < -0.4 is 0 Å². The molecule has 0 aliphatic rings. The Balaban J connectivity index is 3.56. The lowest BCUT2D eigenvalue weighted by atomic mass is 10.0. The molecule has 0 unspecified atom stereocenters. The van der Waals surface area contributed by atoms with Gasteiger partial charge in [0.1, 0.15) is 0 Å². The molecule has 0 aromatic rings. The summed E-state index contributed by atoms with van der Waals surface area (Å²) in [4.78, 5) is 2.32. The van der Waals surface area contributed by atoms with Gasteiger partial charge in [-0.15, -0.1) is 0 Å². The normalized spacial score (nSPS) is 14.2. The van der Waals surface area contributed by atoms with Crippen molar-refractivity contribution in [2.24, 2.45) is 11.8 Å². The fourth-order valence-corrected chi connectivity index (χ4v) is 2.85. The van der Waals surface area contributed by atoms with Gasteiger partial charge >= 0.3 is 0 Å². The number of unbranched alkanes of at least 4 members (excludes halogenated alkanes) is 2. The van der Waals surface area contributed by atoms with Crippen molar-refractivity contribution in [1.82, 2.24) is 4.90 Å². The van der Waals surface area contributed by atoms with Crippen LogP contribution in [-0.4, -0.2) is 51.5 Å². The molecule has 0 rings (SSSR count). The molecule has 0 heterocycles. The third kappa shape index (κ3) is 14.2. The van der Waals surface area contributed by atoms with Crippen LogP contribution in [0, 0.1) is 11.8 Å². The molecule has 2 atom stereocenters. The zero-order chi connectivity index (χ0) is 18.0. The quantitative estimate of drug-likeness (QED) is 0.312. The van der Waals surface area contributed by atoms with Gasteiger partial charge in [0, 0.05) is 26.3 Å². The summed E-state index contributed by atoms with van der Waals surface area (Å²) in [5.41, 5.74) is 0. The fourth-order valence-electron chi connectivity index (χ4n) is 2.85. The van der Waals surface area contributed by atoms with Crippen molar-refractivity contribution in [2.45, 2.75) is 79.1 Å². The Morgan fingerprint density at radius 3 is 1.46 bits per heavy atom. The molecule has 3 heteroatoms. The van der Waals surface area contributed by atoms with Crippen LogP contribution in [0.2, 0.25) is 0 Å². The first-order valence-corrected chi connectivity index (χ1v) is 10.5. The highest BCUT2D eigenvalue weighted by atomic mass is 16.5. The van der Waals surface area contributed by atoms with E-state index in [1.807, 2.05) is 0 Å². The SMILES string of the molecule is CCCC[C@@H](CC)COCCN(C)CCOC[C@@H](CC)CCCC. The van der Waals surface area contributed by atoms with Crippen molar-refractivity contribution in [2.75, 3.05) is 46.6 Å². The van der Waals surface area contributed by atoms with Crippen LogP contribution in [0.1, 0.15) is 79.1 Å². The Hall–Kier alpha value is -0.120. The van der Waals surface area contributed by atoms with E-state index in [1.54, 1.807) is 0 Å². The Labute approximate surface area is 152 Å². The molecule has 0 saturated heterocycles. The van der Waals surface area contributed by atoms with Gasteiger partial charge in [-0.3, -0.25) is 0 Å². The highest BCUT2D eigenvalue weighted by Gasteiger charge is 2.08. The van der Waals surface area contributed by atoms with Crippen molar-refractivity contribution in [3.63, 3.8) is 0 Å². The molecule has 3 nitrogen and oxygen atoms in total. The van der Waals surface area contributed by atoms with Crippen LogP contribution in [0.4, 0.5) is 0 Å². The molecule has 24 heavy (non-hydrogen) atoms. The molecular formula is C21H45NO2. The third-order valence-corrected chi connectivity index (χ3v) is 5.03. The maximum atomic E-state index is 5.88. The van der Waals surface area contributed by atoms with E-state index >= 15 is 0 Å². The van der Waals surface area contributed by atoms with Gasteiger partial charge in [-0.1, -0.05) is 66.2 Å². The molecular weight excluding hydrogens is 298 g/mol. The summed E-state index contributed by atoms with van der Waals surface area (Å²) in [5.74, 6) is 1.49. The van der Waals surface area contributed by atoms with Crippen molar-refractivity contribution in [1.29, 1.82) is 0 Å². The van der Waals surface area contributed by atoms with E-state index in [0.29, 0.717) is 0 Å². The Morgan fingerprint density at radius 1 is 0.708 bits per heavy atom. The molecule has 0 aliphatic carbocycles. The lowest BCUT2D eigenvalue weighted by Gasteiger charge is -2.20. The third-order valence-electron chi connectivity index (χ3n) is 5.03. The molecule has 0 fully saturated rings. The average molecular weight is 344 g/mol. The van der Waals surface area contributed by atoms with Gasteiger partial charge in [-0.25, -0.2) is 0 Å². The zero-order valence-corrected chi connectivity index (χ0v) is 17.3. The summed E-state index contributed by atoms with van der Waals surface area (Å²) in [5, 5.41) is 0. The van der Waals surface area contributed by atoms with Crippen LogP contribution in [0.15, 0.2) is 0 Å². The summed E-state index contributed by atoms with van der Waals surface area (Å²) in [6, 6.07) is 0. The Kier molecular flexibility index (Phi) is 17.6. The predicted molar refractivity (Wildman–Crippen MR) is 106 cm³/mol. The molecule has 146 valence electrons. The van der Waals surface area contributed by atoms with E-state index < -0.39 is 0 Å². The van der Waals surface area contributed by atoms with Gasteiger partial charge in [-0.05, 0) is 31.7 Å². The Bertz CT molecular complexity index is 224. The van der Waals surface area contributed by atoms with Gasteiger partial charge in [-0.2, -0.15) is 0 Å². The van der Waals surface area contributed by atoms with Crippen molar-refractivity contribution >= 4 is 0 Å². The minimum Gasteiger partial charge on any atom is -0.380 e. The highest BCUT2D eigenvalue weighted by molar-refractivity contribution is 4.58. The summed E-state index contributed by atoms with van der Waals surface area (Å²) in [6.07, 6.45) is 10.3. The van der Waals surface area contributed by atoms with E-state index in [9.17, 15) is 0 Å². The predicted octanol–water partition coefficient (Wildman–Crippen LogP) is 5.38. The van der Waals surface area contributed by atoms with Crippen LogP contribution in [0.3, 0.4) is 0 Å². The van der Waals surface area contributed by atoms with E-state index in [-0.39, 0.29) is 0 Å². The fraction of sp³-hybridized carbons (Fsp3) is 1.00. The van der Waals surface area contributed by atoms with E-state index in [0.717, 1.165) is 51.4 Å². The number of ether oxygens (including phenoxy) is 2. The number of likely N-dealkylation sites (N-methyl/N-ethyl adjacent to an activating group) is 1. The van der Waals surface area contributed by atoms with Crippen LogP contribution in [-0.2, 0) is 9.47 Å². The molecule has 0 aromatic heterocycles. The molecule has 0 saturated carbocycles. The van der Waals surface area contributed by atoms with Crippen molar-refractivity contribution in [3.8, 4) is 0 Å². The lowest BCUT2D eigenvalue weighted by Crippen LogP contribution is -2.28. The van der Waals surface area contributed by atoms with E-state index in [4.69, 9.17) is 9.47 Å². The second-order valence-corrected chi connectivity index (χ2v) is 7.29. The molecule has 0 aromatic carbocycles. The molecule has 0 N–H and O–H groups in total. The van der Waals surface area contributed by atoms with Gasteiger partial charge in [0.25, 0.3) is 0 Å². The minimum atomic E-state index is 0.743. The van der Waals surface area contributed by atoms with E-state index in [1.165, 1.54) is 51.4 Å². The summed E-state index contributed by atoms with van der Waals surface area (Å²) >= 11 is 0. The standard InChI is InChI=1S/C21H45NO2/c1-6-10-12-20(8-3)18-23-16-14-22(5)15-17-24-19-21(9-4)13-11-7-2/h20-21H,6-19H2,1-5H3/t20-,21+. The summed E-state index contributed by atoms with van der Waals surface area (Å²) in [7, 11) is 2.16. The maximum absolute atomic E-state index is 5.88. The van der Waals surface area contributed by atoms with Gasteiger partial charge in [0.05, 0.1) is 13.2 Å². The highest BCUT2D eigenvalue weighted by Crippen LogP contribution is 2.13. The first kappa shape index (κ1) is 23.9. The van der Waals surface area contributed by atoms with Crippen LogP contribution in [0.5, 0.6) is 0 Å². The van der Waals surface area contributed by atoms with Gasteiger partial charge in [0.2, 0.25) is 0 Å². The second kappa shape index (κ2) is 17.7. The zero-order valence-electron chi connectivity index (χ0n) is 17.3. The topological polar surface area (TPSA) is 21.7 Å². The second-order valence-electron chi connectivity index (χ2n) is 7.29. The first-order valence-electron chi connectivity index (χ1n) is 10.5. The smallest absolute Gasteiger partial charge is 0.0593 e. The number of hydrogen-bond acceptors (Lipinski definition) is 3. The molecule has 0 spiro atoms. The lowest BCUT2D eigenvalue weighted by molar-refractivity contribution is 0.0563. The molecule has 0 amide bonds. The number of hydrogen-bond donors (Lipinski definition) is 0. The average Bonchev–Trinajstić information content (AvgIpc) is 2.60. The molecule has 0 radical (unpaired) electrons. The Morgan fingerprint density at radius 2 is 1.12 bits per heavy atom. The first-order chi connectivity index (χ1) is 11.7. The van der Waals surface area contributed by atoms with Crippen molar-refractivity contribution in [3.05, 3.63) is 0 Å². The minimum absolute atomic E-state index is 0.743. The number of nitrogens with zero attached hydrogens (tertiary/aromatic N) is 1. The van der Waals surface area contributed by atoms with Gasteiger partial charge < -0.3 is 14.4 Å². The van der Waals surface area contributed by atoms with Crippen molar-refractivity contribution < 1.29 is 9.47 Å².